The highest BCUT2D eigenvalue weighted by Crippen LogP contribution is 2.30. The summed E-state index contributed by atoms with van der Waals surface area (Å²) in [7, 11) is 0. The Balaban J connectivity index is 2.27. The molecule has 2 aromatic rings. The zero-order valence-electron chi connectivity index (χ0n) is 10.7. The third-order valence-corrected chi connectivity index (χ3v) is 2.55. The van der Waals surface area contributed by atoms with E-state index in [1.54, 1.807) is 24.3 Å². The minimum atomic E-state index is -0.747. The highest BCUT2D eigenvalue weighted by molar-refractivity contribution is 6.10. The van der Waals surface area contributed by atoms with Gasteiger partial charge in [-0.15, -0.1) is 6.58 Å². The van der Waals surface area contributed by atoms with E-state index in [4.69, 9.17) is 14.9 Å². The third kappa shape index (κ3) is 2.86. The number of benzene rings is 1. The number of nitrogens with two attached hydrogens (primary N) is 1. The summed E-state index contributed by atoms with van der Waals surface area (Å²) in [5.41, 5.74) is 5.99. The summed E-state index contributed by atoms with van der Waals surface area (Å²) in [6.45, 7) is 3.60. The number of furan rings is 1. The number of nitrogens with one attached hydrogen (secondary N) is 1. The summed E-state index contributed by atoms with van der Waals surface area (Å²) in [5, 5.41) is 3.19. The van der Waals surface area contributed by atoms with E-state index in [-0.39, 0.29) is 24.7 Å². The van der Waals surface area contributed by atoms with Gasteiger partial charge < -0.3 is 20.2 Å². The summed E-state index contributed by atoms with van der Waals surface area (Å²) in [6, 6.07) is 6.94. The molecule has 0 saturated carbocycles. The normalized spacial score (nSPS) is 10.4. The predicted molar refractivity (Wildman–Crippen MR) is 74.4 cm³/mol. The maximum absolute atomic E-state index is 11.7. The summed E-state index contributed by atoms with van der Waals surface area (Å²) in [6.07, 6.45) is 1.54. The average Bonchev–Trinajstić information content (AvgIpc) is 2.78. The van der Waals surface area contributed by atoms with Crippen molar-refractivity contribution < 1.29 is 18.7 Å². The van der Waals surface area contributed by atoms with Crippen LogP contribution in [0.15, 0.2) is 41.3 Å². The number of primary amides is 1. The van der Waals surface area contributed by atoms with Crippen molar-refractivity contribution in [3.8, 4) is 0 Å². The van der Waals surface area contributed by atoms with Crippen molar-refractivity contribution in [3.05, 3.63) is 42.7 Å². The van der Waals surface area contributed by atoms with Crippen LogP contribution in [0.4, 0.5) is 5.69 Å². The van der Waals surface area contributed by atoms with Crippen LogP contribution in [-0.2, 0) is 9.53 Å². The molecule has 1 aromatic carbocycles. The SMILES string of the molecule is C=CCOCC(=O)Nc1c(C(N)=O)oc2ccccc12. The maximum Gasteiger partial charge on any atom is 0.286 e. The fourth-order valence-electron chi connectivity index (χ4n) is 1.75. The first kappa shape index (κ1) is 13.8. The monoisotopic (exact) mass is 274 g/mol. The minimum Gasteiger partial charge on any atom is -0.449 e. The number of para-hydroxylation sites is 1. The van der Waals surface area contributed by atoms with Gasteiger partial charge in [-0.3, -0.25) is 9.59 Å². The summed E-state index contributed by atoms with van der Waals surface area (Å²) in [4.78, 5) is 23.1. The molecule has 1 heterocycles. The summed E-state index contributed by atoms with van der Waals surface area (Å²) < 4.78 is 10.4. The number of anilines is 1. The van der Waals surface area contributed by atoms with Gasteiger partial charge in [0.2, 0.25) is 5.76 Å². The van der Waals surface area contributed by atoms with Crippen molar-refractivity contribution in [1.82, 2.24) is 0 Å². The number of rotatable bonds is 6. The molecule has 0 bridgehead atoms. The molecule has 2 rings (SSSR count). The van der Waals surface area contributed by atoms with Crippen LogP contribution in [0.2, 0.25) is 0 Å². The van der Waals surface area contributed by atoms with E-state index in [9.17, 15) is 9.59 Å². The number of fused-ring (bicyclic) bond motifs is 1. The van der Waals surface area contributed by atoms with Gasteiger partial charge in [-0.1, -0.05) is 18.2 Å². The topological polar surface area (TPSA) is 94.6 Å². The van der Waals surface area contributed by atoms with Gasteiger partial charge >= 0.3 is 0 Å². The predicted octanol–water partition coefficient (Wildman–Crippen LogP) is 1.67. The second-order valence-electron chi connectivity index (χ2n) is 4.02. The first-order valence-electron chi connectivity index (χ1n) is 5.93. The van der Waals surface area contributed by atoms with Gasteiger partial charge in [0.25, 0.3) is 11.8 Å². The van der Waals surface area contributed by atoms with Crippen LogP contribution in [0.1, 0.15) is 10.6 Å². The number of amides is 2. The Kier molecular flexibility index (Phi) is 4.17. The first-order chi connectivity index (χ1) is 9.63. The molecule has 104 valence electrons. The largest absolute Gasteiger partial charge is 0.449 e. The van der Waals surface area contributed by atoms with Gasteiger partial charge in [-0.25, -0.2) is 0 Å². The molecule has 0 radical (unpaired) electrons. The van der Waals surface area contributed by atoms with Crippen molar-refractivity contribution in [1.29, 1.82) is 0 Å². The highest BCUT2D eigenvalue weighted by atomic mass is 16.5. The number of ether oxygens (including phenoxy) is 1. The van der Waals surface area contributed by atoms with Crippen molar-refractivity contribution >= 4 is 28.5 Å². The van der Waals surface area contributed by atoms with Gasteiger partial charge in [0.15, 0.2) is 0 Å². The Morgan fingerprint density at radius 1 is 1.40 bits per heavy atom. The lowest BCUT2D eigenvalue weighted by atomic mass is 10.2. The van der Waals surface area contributed by atoms with E-state index in [0.717, 1.165) is 0 Å². The van der Waals surface area contributed by atoms with Crippen LogP contribution < -0.4 is 11.1 Å². The van der Waals surface area contributed by atoms with Gasteiger partial charge in [-0.05, 0) is 12.1 Å². The van der Waals surface area contributed by atoms with Crippen LogP contribution >= 0.6 is 0 Å². The molecule has 0 aliphatic rings. The molecular formula is C14H14N2O4. The summed E-state index contributed by atoms with van der Waals surface area (Å²) >= 11 is 0. The van der Waals surface area contributed by atoms with Gasteiger partial charge in [0.1, 0.15) is 17.9 Å². The first-order valence-corrected chi connectivity index (χ1v) is 5.93. The van der Waals surface area contributed by atoms with Crippen molar-refractivity contribution in [2.75, 3.05) is 18.5 Å². The molecule has 0 atom stereocenters. The fourth-order valence-corrected chi connectivity index (χ4v) is 1.75. The number of carbonyl (C=O) groups excluding carboxylic acids is 2. The quantitative estimate of drug-likeness (QED) is 0.618. The molecule has 0 saturated heterocycles. The van der Waals surface area contributed by atoms with Crippen LogP contribution in [-0.4, -0.2) is 25.0 Å². The lowest BCUT2D eigenvalue weighted by Crippen LogP contribution is -2.20. The molecule has 1 aromatic heterocycles. The van der Waals surface area contributed by atoms with Gasteiger partial charge in [0.05, 0.1) is 6.61 Å². The molecule has 6 heteroatoms. The second kappa shape index (κ2) is 6.03. The Labute approximate surface area is 115 Å². The van der Waals surface area contributed by atoms with Crippen LogP contribution in [0.3, 0.4) is 0 Å². The summed E-state index contributed by atoms with van der Waals surface area (Å²) in [5.74, 6) is -1.23. The second-order valence-corrected chi connectivity index (χ2v) is 4.02. The van der Waals surface area contributed by atoms with Crippen molar-refractivity contribution in [2.45, 2.75) is 0 Å². The van der Waals surface area contributed by atoms with Crippen molar-refractivity contribution in [3.63, 3.8) is 0 Å². The average molecular weight is 274 g/mol. The molecule has 0 spiro atoms. The van der Waals surface area contributed by atoms with E-state index in [1.165, 1.54) is 6.08 Å². The molecule has 0 fully saturated rings. The molecule has 2 amide bonds. The van der Waals surface area contributed by atoms with Crippen molar-refractivity contribution in [2.24, 2.45) is 5.73 Å². The van der Waals surface area contributed by atoms with E-state index in [1.807, 2.05) is 0 Å². The fraction of sp³-hybridized carbons (Fsp3) is 0.143. The van der Waals surface area contributed by atoms with E-state index in [2.05, 4.69) is 11.9 Å². The van der Waals surface area contributed by atoms with Gasteiger partial charge in [0, 0.05) is 5.39 Å². The Bertz CT molecular complexity index is 660. The molecule has 20 heavy (non-hydrogen) atoms. The van der Waals surface area contributed by atoms with E-state index >= 15 is 0 Å². The Hall–Kier alpha value is -2.60. The zero-order chi connectivity index (χ0) is 14.5. The number of carbonyl (C=O) groups is 2. The van der Waals surface area contributed by atoms with E-state index in [0.29, 0.717) is 11.0 Å². The van der Waals surface area contributed by atoms with Gasteiger partial charge in [-0.2, -0.15) is 0 Å². The minimum absolute atomic E-state index is 0.0803. The molecule has 0 aliphatic carbocycles. The van der Waals surface area contributed by atoms with Crippen LogP contribution in [0, 0.1) is 0 Å². The molecule has 6 nitrogen and oxygen atoms in total. The zero-order valence-corrected chi connectivity index (χ0v) is 10.7. The third-order valence-electron chi connectivity index (χ3n) is 2.55. The Morgan fingerprint density at radius 2 is 2.15 bits per heavy atom. The maximum atomic E-state index is 11.7. The molecule has 0 aliphatic heterocycles. The molecule has 3 N–H and O–H groups in total. The lowest BCUT2D eigenvalue weighted by Gasteiger charge is -2.04. The lowest BCUT2D eigenvalue weighted by molar-refractivity contribution is -0.120. The number of hydrogen-bond donors (Lipinski definition) is 2. The highest BCUT2D eigenvalue weighted by Gasteiger charge is 2.19. The standard InChI is InChI=1S/C14H14N2O4/c1-2-7-19-8-11(17)16-12-9-5-3-4-6-10(9)20-13(12)14(15)18/h2-6H,1,7-8H2,(H2,15,18)(H,16,17). The molecular weight excluding hydrogens is 260 g/mol. The van der Waals surface area contributed by atoms with E-state index < -0.39 is 11.8 Å². The smallest absolute Gasteiger partial charge is 0.286 e. The Morgan fingerprint density at radius 3 is 2.85 bits per heavy atom. The number of hydrogen-bond acceptors (Lipinski definition) is 4. The molecule has 0 unspecified atom stereocenters. The van der Waals surface area contributed by atoms with Crippen LogP contribution in [0.5, 0.6) is 0 Å². The van der Waals surface area contributed by atoms with Crippen LogP contribution in [0.25, 0.3) is 11.0 Å².